The molecule has 0 aliphatic rings. The molecular weight excluding hydrogens is 440 g/mol. The van der Waals surface area contributed by atoms with Gasteiger partial charge in [-0.3, -0.25) is 0 Å². The molecule has 0 fully saturated rings. The van der Waals surface area contributed by atoms with Crippen molar-refractivity contribution in [2.45, 2.75) is 33.0 Å². The molecule has 0 unspecified atom stereocenters. The Balaban J connectivity index is 2.02. The first-order valence-electron chi connectivity index (χ1n) is 10.8. The molecule has 0 atom stereocenters. The molecular formula is C25H32N2O7. The number of hydrogen-bond acceptors (Lipinski definition) is 7. The molecule has 0 aliphatic carbocycles. The lowest BCUT2D eigenvalue weighted by molar-refractivity contribution is 0.0287. The normalized spacial score (nSPS) is 10.8. The molecule has 0 saturated heterocycles. The van der Waals surface area contributed by atoms with Crippen LogP contribution in [0.3, 0.4) is 0 Å². The number of rotatable bonds is 8. The Labute approximate surface area is 200 Å². The summed E-state index contributed by atoms with van der Waals surface area (Å²) in [4.78, 5) is 39.4. The molecule has 184 valence electrons. The molecule has 0 saturated carbocycles. The van der Waals surface area contributed by atoms with E-state index in [9.17, 15) is 14.4 Å². The maximum absolute atomic E-state index is 12.5. The highest BCUT2D eigenvalue weighted by Crippen LogP contribution is 2.27. The third-order valence-corrected chi connectivity index (χ3v) is 4.59. The number of nitrogens with zero attached hydrogens (tertiary/aromatic N) is 2. The fourth-order valence-electron chi connectivity index (χ4n) is 2.70. The lowest BCUT2D eigenvalue weighted by atomic mass is 10.2. The largest absolute Gasteiger partial charge is 0.488 e. The zero-order valence-electron chi connectivity index (χ0n) is 20.5. The number of carbonyl (C=O) groups excluding carboxylic acids is 3. The minimum atomic E-state index is -0.627. The van der Waals surface area contributed by atoms with Crippen LogP contribution in [0.1, 0.15) is 36.7 Å². The monoisotopic (exact) mass is 472 g/mol. The van der Waals surface area contributed by atoms with Crippen LogP contribution in [0.2, 0.25) is 0 Å². The number of benzene rings is 2. The molecule has 0 N–H and O–H groups in total. The second-order valence-electron chi connectivity index (χ2n) is 8.62. The van der Waals surface area contributed by atoms with Crippen LogP contribution in [0.5, 0.6) is 11.5 Å². The molecule has 0 aromatic heterocycles. The number of carbonyl (C=O) groups is 3. The first-order chi connectivity index (χ1) is 16.0. The number of likely N-dealkylation sites (N-methyl/N-ethyl adjacent to an activating group) is 2. The van der Waals surface area contributed by atoms with E-state index >= 15 is 0 Å². The van der Waals surface area contributed by atoms with Crippen molar-refractivity contribution >= 4 is 18.2 Å². The molecule has 2 amide bonds. The average molecular weight is 473 g/mol. The topological polar surface area (TPSA) is 94.6 Å². The fraction of sp³-hybridized carbons (Fsp3) is 0.400. The Morgan fingerprint density at radius 2 is 1.50 bits per heavy atom. The van der Waals surface area contributed by atoms with E-state index in [0.717, 1.165) is 5.56 Å². The Morgan fingerprint density at radius 1 is 0.882 bits per heavy atom. The summed E-state index contributed by atoms with van der Waals surface area (Å²) in [6.45, 7) is 6.06. The molecule has 9 nitrogen and oxygen atoms in total. The number of ether oxygens (including phenoxy) is 4. The standard InChI is InChI=1S/C25H32N2O7/c1-25(2,3)34-24(30)27(5)15-14-26(4)23(29)33-19-12-13-20(22(28)31-6)21(16-19)32-17-18-10-8-7-9-11-18/h7-13,16H,14-15,17H2,1-6H3. The van der Waals surface area contributed by atoms with E-state index in [1.54, 1.807) is 34.9 Å². The minimum absolute atomic E-state index is 0.202. The smallest absolute Gasteiger partial charge is 0.415 e. The highest BCUT2D eigenvalue weighted by Gasteiger charge is 2.21. The summed E-state index contributed by atoms with van der Waals surface area (Å²) in [5.74, 6) is -0.135. The van der Waals surface area contributed by atoms with Gasteiger partial charge in [0.25, 0.3) is 0 Å². The Morgan fingerprint density at radius 3 is 2.09 bits per heavy atom. The second-order valence-corrected chi connectivity index (χ2v) is 8.62. The first kappa shape index (κ1) is 26.5. The summed E-state index contributed by atoms with van der Waals surface area (Å²) in [7, 11) is 4.43. The number of hydrogen-bond donors (Lipinski definition) is 0. The van der Waals surface area contributed by atoms with Crippen LogP contribution in [0.25, 0.3) is 0 Å². The first-order valence-corrected chi connectivity index (χ1v) is 10.8. The van der Waals surface area contributed by atoms with Gasteiger partial charge in [0, 0.05) is 33.3 Å². The van der Waals surface area contributed by atoms with Crippen LogP contribution in [-0.4, -0.2) is 67.9 Å². The van der Waals surface area contributed by atoms with Gasteiger partial charge in [-0.2, -0.15) is 0 Å². The van der Waals surface area contributed by atoms with Crippen molar-refractivity contribution in [2.75, 3.05) is 34.3 Å². The summed E-state index contributed by atoms with van der Waals surface area (Å²) in [6.07, 6.45) is -1.11. The predicted molar refractivity (Wildman–Crippen MR) is 126 cm³/mol. The number of esters is 1. The SMILES string of the molecule is COC(=O)c1ccc(OC(=O)N(C)CCN(C)C(=O)OC(C)(C)C)cc1OCc1ccccc1. The van der Waals surface area contributed by atoms with E-state index in [1.165, 1.54) is 35.1 Å². The van der Waals surface area contributed by atoms with Crippen molar-refractivity contribution < 1.29 is 33.3 Å². The molecule has 2 aromatic rings. The second kappa shape index (κ2) is 11.9. The van der Waals surface area contributed by atoms with Gasteiger partial charge >= 0.3 is 18.2 Å². The van der Waals surface area contributed by atoms with Gasteiger partial charge in [-0.15, -0.1) is 0 Å². The summed E-state index contributed by atoms with van der Waals surface area (Å²) in [5.41, 5.74) is 0.521. The quantitative estimate of drug-likeness (QED) is 0.527. The minimum Gasteiger partial charge on any atom is -0.488 e. The average Bonchev–Trinajstić information content (AvgIpc) is 2.80. The van der Waals surface area contributed by atoms with Crippen LogP contribution in [0, 0.1) is 0 Å². The Bertz CT molecular complexity index is 987. The van der Waals surface area contributed by atoms with Gasteiger partial charge in [0.1, 0.15) is 29.3 Å². The maximum Gasteiger partial charge on any atom is 0.415 e. The number of methoxy groups -OCH3 is 1. The van der Waals surface area contributed by atoms with Crippen LogP contribution in [-0.2, 0) is 16.1 Å². The third kappa shape index (κ3) is 8.31. The lowest BCUT2D eigenvalue weighted by Gasteiger charge is -2.26. The molecule has 2 aromatic carbocycles. The summed E-state index contributed by atoms with van der Waals surface area (Å²) < 4.78 is 21.4. The van der Waals surface area contributed by atoms with Crippen LogP contribution >= 0.6 is 0 Å². The van der Waals surface area contributed by atoms with Crippen molar-refractivity contribution in [1.29, 1.82) is 0 Å². The summed E-state index contributed by atoms with van der Waals surface area (Å²) >= 11 is 0. The van der Waals surface area contributed by atoms with Crippen LogP contribution < -0.4 is 9.47 Å². The summed E-state index contributed by atoms with van der Waals surface area (Å²) in [5, 5.41) is 0. The van der Waals surface area contributed by atoms with Gasteiger partial charge in [0.15, 0.2) is 0 Å². The van der Waals surface area contributed by atoms with Crippen molar-refractivity contribution in [3.8, 4) is 11.5 Å². The fourth-order valence-corrected chi connectivity index (χ4v) is 2.70. The van der Waals surface area contributed by atoms with Crippen molar-refractivity contribution in [2.24, 2.45) is 0 Å². The zero-order valence-corrected chi connectivity index (χ0v) is 20.5. The molecule has 0 bridgehead atoms. The molecule has 0 aliphatic heterocycles. The van der Waals surface area contributed by atoms with Gasteiger partial charge < -0.3 is 28.7 Å². The van der Waals surface area contributed by atoms with Crippen molar-refractivity contribution in [3.63, 3.8) is 0 Å². The number of amides is 2. The molecule has 2 rings (SSSR count). The molecule has 34 heavy (non-hydrogen) atoms. The lowest BCUT2D eigenvalue weighted by Crippen LogP contribution is -2.40. The van der Waals surface area contributed by atoms with E-state index in [0.29, 0.717) is 0 Å². The van der Waals surface area contributed by atoms with E-state index in [2.05, 4.69) is 0 Å². The van der Waals surface area contributed by atoms with Crippen LogP contribution in [0.4, 0.5) is 9.59 Å². The highest BCUT2D eigenvalue weighted by molar-refractivity contribution is 5.92. The van der Waals surface area contributed by atoms with Crippen molar-refractivity contribution in [1.82, 2.24) is 9.80 Å². The van der Waals surface area contributed by atoms with Gasteiger partial charge in [-0.1, -0.05) is 30.3 Å². The van der Waals surface area contributed by atoms with E-state index in [-0.39, 0.29) is 36.8 Å². The third-order valence-electron chi connectivity index (χ3n) is 4.59. The van der Waals surface area contributed by atoms with E-state index < -0.39 is 23.8 Å². The highest BCUT2D eigenvalue weighted by atomic mass is 16.6. The van der Waals surface area contributed by atoms with E-state index in [4.69, 9.17) is 18.9 Å². The Hall–Kier alpha value is -3.75. The molecule has 0 spiro atoms. The maximum atomic E-state index is 12.5. The summed E-state index contributed by atoms with van der Waals surface area (Å²) in [6, 6.07) is 13.9. The van der Waals surface area contributed by atoms with Crippen LogP contribution in [0.15, 0.2) is 48.5 Å². The van der Waals surface area contributed by atoms with Crippen molar-refractivity contribution in [3.05, 3.63) is 59.7 Å². The van der Waals surface area contributed by atoms with Gasteiger partial charge in [0.05, 0.1) is 7.11 Å². The molecule has 0 heterocycles. The molecule has 9 heteroatoms. The zero-order chi connectivity index (χ0) is 25.3. The van der Waals surface area contributed by atoms with Gasteiger partial charge in [-0.25, -0.2) is 14.4 Å². The van der Waals surface area contributed by atoms with Gasteiger partial charge in [-0.05, 0) is 38.5 Å². The predicted octanol–water partition coefficient (Wildman–Crippen LogP) is 4.35. The molecule has 0 radical (unpaired) electrons. The Kier molecular flexibility index (Phi) is 9.29. The van der Waals surface area contributed by atoms with E-state index in [1.807, 2.05) is 30.3 Å². The van der Waals surface area contributed by atoms with Gasteiger partial charge in [0.2, 0.25) is 0 Å².